The van der Waals surface area contributed by atoms with Gasteiger partial charge in [0.1, 0.15) is 5.78 Å². The van der Waals surface area contributed by atoms with E-state index in [1.165, 1.54) is 6.42 Å². The fourth-order valence-electron chi connectivity index (χ4n) is 0.650. The highest BCUT2D eigenvalue weighted by Gasteiger charge is 2.01. The molecule has 0 heterocycles. The topological polar surface area (TPSA) is 29.1 Å². The van der Waals surface area contributed by atoms with E-state index >= 15 is 0 Å². The molecule has 0 rings (SSSR count). The highest BCUT2D eigenvalue weighted by molar-refractivity contribution is 5.90. The zero-order chi connectivity index (χ0) is 9.40. The van der Waals surface area contributed by atoms with Crippen LogP contribution in [0.2, 0.25) is 0 Å². The van der Waals surface area contributed by atoms with Gasteiger partial charge in [-0.05, 0) is 0 Å². The van der Waals surface area contributed by atoms with Gasteiger partial charge >= 0.3 is 0 Å². The third-order valence-corrected chi connectivity index (χ3v) is 1.15. The predicted octanol–water partition coefficient (Wildman–Crippen LogP) is 1.63. The smallest absolute Gasteiger partial charge is 0.146 e. The SMILES string of the molecule is C=CCNC(=C)[CH]C(=O)CC=C. The molecule has 0 bridgehead atoms. The molecule has 65 valence electrons. The van der Waals surface area contributed by atoms with Crippen LogP contribution in [0.15, 0.2) is 37.6 Å². The number of Topliss-reactive ketones (excluding diaryl/α,β-unsaturated/α-hetero) is 1. The molecule has 0 aromatic rings. The van der Waals surface area contributed by atoms with Crippen molar-refractivity contribution in [3.8, 4) is 0 Å². The first kappa shape index (κ1) is 10.7. The molecule has 1 radical (unpaired) electrons. The molecule has 0 fully saturated rings. The molecule has 0 amide bonds. The second-order valence-electron chi connectivity index (χ2n) is 2.30. The highest BCUT2D eigenvalue weighted by atomic mass is 16.1. The van der Waals surface area contributed by atoms with E-state index in [1.807, 2.05) is 0 Å². The monoisotopic (exact) mass is 164 g/mol. The Balaban J connectivity index is 3.60. The van der Waals surface area contributed by atoms with Crippen LogP contribution in [0.1, 0.15) is 6.42 Å². The molecule has 0 aromatic heterocycles. The minimum atomic E-state index is 0.00608. The quantitative estimate of drug-likeness (QED) is 0.579. The van der Waals surface area contributed by atoms with Crippen molar-refractivity contribution < 1.29 is 4.79 Å². The van der Waals surface area contributed by atoms with Crippen LogP contribution in [-0.2, 0) is 4.79 Å². The molecular formula is C10H14NO. The van der Waals surface area contributed by atoms with Crippen molar-refractivity contribution in [1.82, 2.24) is 5.32 Å². The number of ketones is 1. The molecule has 0 aliphatic rings. The summed E-state index contributed by atoms with van der Waals surface area (Å²) in [5.74, 6) is 0.00608. The van der Waals surface area contributed by atoms with Gasteiger partial charge in [-0.15, -0.1) is 13.2 Å². The van der Waals surface area contributed by atoms with Crippen molar-refractivity contribution in [1.29, 1.82) is 0 Å². The number of carbonyl (C=O) groups is 1. The van der Waals surface area contributed by atoms with Crippen LogP contribution < -0.4 is 5.32 Å². The lowest BCUT2D eigenvalue weighted by Crippen LogP contribution is -2.15. The average Bonchev–Trinajstić information content (AvgIpc) is 2.01. The second kappa shape index (κ2) is 6.40. The van der Waals surface area contributed by atoms with Gasteiger partial charge in [0, 0.05) is 18.7 Å². The summed E-state index contributed by atoms with van der Waals surface area (Å²) in [5, 5.41) is 2.90. The van der Waals surface area contributed by atoms with Gasteiger partial charge in [0.25, 0.3) is 0 Å². The first-order valence-electron chi connectivity index (χ1n) is 3.73. The minimum absolute atomic E-state index is 0.00608. The van der Waals surface area contributed by atoms with Crippen molar-refractivity contribution in [2.45, 2.75) is 6.42 Å². The Morgan fingerprint density at radius 3 is 2.50 bits per heavy atom. The Hall–Kier alpha value is -1.31. The van der Waals surface area contributed by atoms with E-state index in [0.717, 1.165) is 0 Å². The molecule has 0 saturated carbocycles. The molecule has 0 aromatic carbocycles. The first-order valence-corrected chi connectivity index (χ1v) is 3.73. The molecule has 12 heavy (non-hydrogen) atoms. The lowest BCUT2D eigenvalue weighted by Gasteiger charge is -2.04. The van der Waals surface area contributed by atoms with Crippen molar-refractivity contribution in [2.75, 3.05) is 6.54 Å². The molecule has 0 spiro atoms. The maximum absolute atomic E-state index is 11.0. The maximum atomic E-state index is 11.0. The van der Waals surface area contributed by atoms with E-state index in [1.54, 1.807) is 12.2 Å². The number of hydrogen-bond acceptors (Lipinski definition) is 2. The fourth-order valence-corrected chi connectivity index (χ4v) is 0.650. The third kappa shape index (κ3) is 5.47. The molecule has 1 N–H and O–H groups in total. The zero-order valence-electron chi connectivity index (χ0n) is 7.18. The molecule has 0 unspecified atom stereocenters. The number of rotatable bonds is 7. The molecule has 0 atom stereocenters. The van der Waals surface area contributed by atoms with E-state index in [9.17, 15) is 4.79 Å². The number of hydrogen-bond donors (Lipinski definition) is 1. The molecule has 0 aliphatic carbocycles. The Bertz CT molecular complexity index is 194. The summed E-state index contributed by atoms with van der Waals surface area (Å²) in [5.41, 5.74) is 0.613. The second-order valence-corrected chi connectivity index (χ2v) is 2.30. The van der Waals surface area contributed by atoms with Gasteiger partial charge in [-0.3, -0.25) is 4.79 Å². The van der Waals surface area contributed by atoms with Gasteiger partial charge in [0.15, 0.2) is 0 Å². The first-order chi connectivity index (χ1) is 5.70. The highest BCUT2D eigenvalue weighted by Crippen LogP contribution is 1.96. The summed E-state index contributed by atoms with van der Waals surface area (Å²) in [6.07, 6.45) is 5.09. The van der Waals surface area contributed by atoms with Crippen LogP contribution in [0.25, 0.3) is 0 Å². The van der Waals surface area contributed by atoms with E-state index < -0.39 is 0 Å². The standard InChI is InChI=1S/C10H14NO/c1-4-6-10(12)8-9(3)11-7-5-2/h4-5,8,11H,1-3,6-7H2. The number of carbonyl (C=O) groups excluding carboxylic acids is 1. The van der Waals surface area contributed by atoms with E-state index in [4.69, 9.17) is 0 Å². The molecule has 2 heteroatoms. The summed E-state index contributed by atoms with van der Waals surface area (Å²) in [6, 6.07) is 0. The van der Waals surface area contributed by atoms with Crippen LogP contribution in [-0.4, -0.2) is 12.3 Å². The average molecular weight is 164 g/mol. The summed E-state index contributed by atoms with van der Waals surface area (Å²) in [6.45, 7) is 11.3. The van der Waals surface area contributed by atoms with Crippen LogP contribution in [0.3, 0.4) is 0 Å². The summed E-state index contributed by atoms with van der Waals surface area (Å²) in [4.78, 5) is 11.0. The van der Waals surface area contributed by atoms with Crippen LogP contribution in [0.4, 0.5) is 0 Å². The Morgan fingerprint density at radius 2 is 2.00 bits per heavy atom. The van der Waals surface area contributed by atoms with Gasteiger partial charge in [0.05, 0.1) is 6.42 Å². The minimum Gasteiger partial charge on any atom is -0.385 e. The summed E-state index contributed by atoms with van der Waals surface area (Å²) < 4.78 is 0. The maximum Gasteiger partial charge on any atom is 0.146 e. The predicted molar refractivity (Wildman–Crippen MR) is 51.5 cm³/mol. The molecule has 2 nitrogen and oxygen atoms in total. The van der Waals surface area contributed by atoms with Crippen molar-refractivity contribution in [3.05, 3.63) is 44.0 Å². The lowest BCUT2D eigenvalue weighted by molar-refractivity contribution is -0.114. The molecule has 0 aliphatic heterocycles. The van der Waals surface area contributed by atoms with E-state index in [-0.39, 0.29) is 5.78 Å². The summed E-state index contributed by atoms with van der Waals surface area (Å²) >= 11 is 0. The van der Waals surface area contributed by atoms with Crippen molar-refractivity contribution in [2.24, 2.45) is 0 Å². The fraction of sp³-hybridized carbons (Fsp3) is 0.200. The van der Waals surface area contributed by atoms with E-state index in [0.29, 0.717) is 18.7 Å². The number of allylic oxidation sites excluding steroid dienone is 2. The lowest BCUT2D eigenvalue weighted by atomic mass is 10.2. The van der Waals surface area contributed by atoms with Gasteiger partial charge in [-0.1, -0.05) is 18.7 Å². The Kier molecular flexibility index (Phi) is 5.70. The summed E-state index contributed by atoms with van der Waals surface area (Å²) in [7, 11) is 0. The van der Waals surface area contributed by atoms with Crippen LogP contribution in [0, 0.1) is 6.42 Å². The van der Waals surface area contributed by atoms with Gasteiger partial charge < -0.3 is 5.32 Å². The Labute approximate surface area is 73.7 Å². The van der Waals surface area contributed by atoms with Gasteiger partial charge in [-0.2, -0.15) is 0 Å². The normalized spacial score (nSPS) is 8.67. The number of nitrogens with one attached hydrogen (secondary N) is 1. The van der Waals surface area contributed by atoms with Crippen LogP contribution >= 0.6 is 0 Å². The zero-order valence-corrected chi connectivity index (χ0v) is 7.18. The van der Waals surface area contributed by atoms with Crippen molar-refractivity contribution >= 4 is 5.78 Å². The molecular weight excluding hydrogens is 150 g/mol. The van der Waals surface area contributed by atoms with E-state index in [2.05, 4.69) is 25.1 Å². The largest absolute Gasteiger partial charge is 0.385 e. The van der Waals surface area contributed by atoms with Crippen molar-refractivity contribution in [3.63, 3.8) is 0 Å². The van der Waals surface area contributed by atoms with Gasteiger partial charge in [-0.25, -0.2) is 0 Å². The Morgan fingerprint density at radius 1 is 1.33 bits per heavy atom. The molecule has 0 saturated heterocycles. The van der Waals surface area contributed by atoms with Gasteiger partial charge in [0.2, 0.25) is 0 Å². The third-order valence-electron chi connectivity index (χ3n) is 1.15. The van der Waals surface area contributed by atoms with Crippen LogP contribution in [0.5, 0.6) is 0 Å².